The number of aryl methyl sites for hydroxylation is 1. The first-order valence-electron chi connectivity index (χ1n) is 11.4. The number of anilines is 1. The van der Waals surface area contributed by atoms with Gasteiger partial charge in [-0.1, -0.05) is 78.3 Å². The number of carbonyl (C=O) groups excluding carboxylic acids is 2. The number of hydrogen-bond donors (Lipinski definition) is 1. The van der Waals surface area contributed by atoms with Crippen LogP contribution in [-0.4, -0.2) is 16.4 Å². The molecule has 3 aromatic carbocycles. The van der Waals surface area contributed by atoms with Gasteiger partial charge in [-0.2, -0.15) is 4.37 Å². The van der Waals surface area contributed by atoms with E-state index in [9.17, 15) is 14.7 Å². The number of halogens is 1. The van der Waals surface area contributed by atoms with Crippen molar-refractivity contribution >= 4 is 40.9 Å². The van der Waals surface area contributed by atoms with Gasteiger partial charge in [0.05, 0.1) is 22.2 Å². The minimum Gasteiger partial charge on any atom is -0.549 e. The molecule has 0 bridgehead atoms. The molecule has 1 saturated carbocycles. The third-order valence-corrected chi connectivity index (χ3v) is 7.82. The molecule has 1 aliphatic carbocycles. The number of aromatic nitrogens is 1. The second-order valence-electron chi connectivity index (χ2n) is 8.79. The smallest absolute Gasteiger partial charge is 0.549 e. The van der Waals surface area contributed by atoms with E-state index in [1.165, 1.54) is 11.5 Å². The van der Waals surface area contributed by atoms with E-state index in [2.05, 4.69) is 9.69 Å². The van der Waals surface area contributed by atoms with Gasteiger partial charge in [0.25, 0.3) is 0 Å². The predicted molar refractivity (Wildman–Crippen MR) is 139 cm³/mol. The van der Waals surface area contributed by atoms with Crippen LogP contribution in [-0.2, 0) is 21.6 Å². The standard InChI is InChI=1S/C28H23ClN2O4S.Na/c1-17-24(30-27(34)35-16-21-4-2-3-5-23(21)29)25(36-31-17)20-8-6-18(7-9-20)19-10-12-22(13-11-19)28(14-15-28)26(32)33;/h2-13H,14-16H2,1H3,(H,30,34)(H,32,33);/q;+1/p-1. The van der Waals surface area contributed by atoms with Crippen molar-refractivity contribution in [2.45, 2.75) is 31.8 Å². The first-order valence-corrected chi connectivity index (χ1v) is 12.6. The van der Waals surface area contributed by atoms with Gasteiger partial charge >= 0.3 is 35.7 Å². The third-order valence-electron chi connectivity index (χ3n) is 6.47. The first-order chi connectivity index (χ1) is 17.4. The Hall–Kier alpha value is -2.68. The van der Waals surface area contributed by atoms with Gasteiger partial charge in [-0.3, -0.25) is 5.32 Å². The second-order valence-corrected chi connectivity index (χ2v) is 9.97. The summed E-state index contributed by atoms with van der Waals surface area (Å²) in [5.74, 6) is -1.00. The largest absolute Gasteiger partial charge is 1.00 e. The van der Waals surface area contributed by atoms with Gasteiger partial charge in [-0.25, -0.2) is 4.79 Å². The Labute approximate surface area is 246 Å². The summed E-state index contributed by atoms with van der Waals surface area (Å²) in [5.41, 5.74) is 4.91. The SMILES string of the molecule is Cc1nsc(-c2ccc(-c3ccc(C4(C(=O)[O-])CC4)cc3)cc2)c1NC(=O)OCc1ccccc1Cl.[Na+]. The molecule has 5 rings (SSSR count). The van der Waals surface area contributed by atoms with Crippen LogP contribution in [0.25, 0.3) is 21.6 Å². The van der Waals surface area contributed by atoms with Gasteiger partial charge in [0.15, 0.2) is 0 Å². The van der Waals surface area contributed by atoms with Crippen molar-refractivity contribution in [1.29, 1.82) is 0 Å². The van der Waals surface area contributed by atoms with E-state index in [0.29, 0.717) is 29.2 Å². The van der Waals surface area contributed by atoms with E-state index in [0.717, 1.165) is 32.7 Å². The number of amides is 1. The average molecular weight is 541 g/mol. The maximum atomic E-state index is 12.5. The molecule has 0 radical (unpaired) electrons. The van der Waals surface area contributed by atoms with E-state index in [1.807, 2.05) is 67.6 Å². The molecule has 9 heteroatoms. The average Bonchev–Trinajstić information content (AvgIpc) is 3.63. The first kappa shape index (κ1) is 27.4. The number of aliphatic carboxylic acids is 1. The van der Waals surface area contributed by atoms with E-state index < -0.39 is 17.5 Å². The van der Waals surface area contributed by atoms with Gasteiger partial charge < -0.3 is 14.6 Å². The van der Waals surface area contributed by atoms with Crippen LogP contribution in [0.2, 0.25) is 5.02 Å². The van der Waals surface area contributed by atoms with Crippen molar-refractivity contribution in [2.24, 2.45) is 0 Å². The van der Waals surface area contributed by atoms with Crippen molar-refractivity contribution in [1.82, 2.24) is 4.37 Å². The molecule has 6 nitrogen and oxygen atoms in total. The van der Waals surface area contributed by atoms with Gasteiger partial charge in [-0.15, -0.1) is 0 Å². The normalized spacial score (nSPS) is 13.4. The zero-order chi connectivity index (χ0) is 25.3. The molecule has 0 unspecified atom stereocenters. The molecule has 1 heterocycles. The van der Waals surface area contributed by atoms with Crippen LogP contribution in [0.15, 0.2) is 72.8 Å². The second kappa shape index (κ2) is 11.4. The molecule has 1 amide bonds. The Morgan fingerprint density at radius 2 is 1.59 bits per heavy atom. The van der Waals surface area contributed by atoms with Crippen molar-refractivity contribution in [2.75, 3.05) is 5.32 Å². The summed E-state index contributed by atoms with van der Waals surface area (Å²) in [6.45, 7) is 1.90. The summed E-state index contributed by atoms with van der Waals surface area (Å²) in [6.07, 6.45) is 0.671. The van der Waals surface area contributed by atoms with Gasteiger partial charge in [0.2, 0.25) is 0 Å². The molecule has 1 aliphatic rings. The van der Waals surface area contributed by atoms with E-state index in [1.54, 1.807) is 12.1 Å². The third kappa shape index (κ3) is 5.76. The minimum atomic E-state index is -1.00. The van der Waals surface area contributed by atoms with E-state index in [4.69, 9.17) is 16.3 Å². The molecular weight excluding hydrogens is 519 g/mol. The molecule has 1 fully saturated rings. The van der Waals surface area contributed by atoms with Crippen molar-refractivity contribution in [3.05, 3.63) is 94.6 Å². The fourth-order valence-electron chi connectivity index (χ4n) is 4.14. The van der Waals surface area contributed by atoms with Crippen LogP contribution in [0.3, 0.4) is 0 Å². The zero-order valence-corrected chi connectivity index (χ0v) is 24.0. The maximum absolute atomic E-state index is 12.5. The summed E-state index contributed by atoms with van der Waals surface area (Å²) in [7, 11) is 0. The number of carbonyl (C=O) groups is 2. The number of ether oxygens (including phenoxy) is 1. The molecule has 0 spiro atoms. The van der Waals surface area contributed by atoms with Crippen LogP contribution in [0.5, 0.6) is 0 Å². The molecule has 1 aromatic heterocycles. The van der Waals surface area contributed by atoms with Gasteiger partial charge in [0, 0.05) is 16.0 Å². The molecule has 1 N–H and O–H groups in total. The maximum Gasteiger partial charge on any atom is 1.00 e. The number of hydrogen-bond acceptors (Lipinski definition) is 6. The molecule has 0 saturated heterocycles. The van der Waals surface area contributed by atoms with Crippen LogP contribution in [0, 0.1) is 6.92 Å². The number of nitrogens with one attached hydrogen (secondary N) is 1. The number of rotatable bonds is 7. The van der Waals surface area contributed by atoms with Crippen LogP contribution in [0.1, 0.15) is 29.7 Å². The Kier molecular flexibility index (Phi) is 8.41. The topological polar surface area (TPSA) is 91.4 Å². The summed E-state index contributed by atoms with van der Waals surface area (Å²) in [5, 5.41) is 14.8. The number of nitrogens with zero attached hydrogens (tertiary/aromatic N) is 1. The molecule has 37 heavy (non-hydrogen) atoms. The zero-order valence-electron chi connectivity index (χ0n) is 20.4. The summed E-state index contributed by atoms with van der Waals surface area (Å²) < 4.78 is 9.77. The van der Waals surface area contributed by atoms with E-state index >= 15 is 0 Å². The molecular formula is C28H22ClN2NaO4S. The number of benzene rings is 3. The number of carboxylic acid groups (broad SMARTS) is 1. The van der Waals surface area contributed by atoms with Crippen LogP contribution in [0.4, 0.5) is 10.5 Å². The Bertz CT molecular complexity index is 1430. The fourth-order valence-corrected chi connectivity index (χ4v) is 5.18. The molecule has 0 aliphatic heterocycles. The van der Waals surface area contributed by atoms with Crippen molar-refractivity contribution in [3.63, 3.8) is 0 Å². The predicted octanol–water partition coefficient (Wildman–Crippen LogP) is 2.97. The summed E-state index contributed by atoms with van der Waals surface area (Å²) >= 11 is 7.44. The molecule has 0 atom stereocenters. The Morgan fingerprint density at radius 3 is 2.19 bits per heavy atom. The molecule has 182 valence electrons. The van der Waals surface area contributed by atoms with E-state index in [-0.39, 0.29) is 36.2 Å². The summed E-state index contributed by atoms with van der Waals surface area (Å²) in [6, 6.07) is 22.7. The Morgan fingerprint density at radius 1 is 1.00 bits per heavy atom. The Balaban J connectivity index is 0.00000320. The fraction of sp³-hybridized carbons (Fsp3) is 0.179. The monoisotopic (exact) mass is 540 g/mol. The molecule has 4 aromatic rings. The van der Waals surface area contributed by atoms with Crippen molar-refractivity contribution in [3.8, 4) is 21.6 Å². The van der Waals surface area contributed by atoms with Crippen molar-refractivity contribution < 1.29 is 49.0 Å². The summed E-state index contributed by atoms with van der Waals surface area (Å²) in [4.78, 5) is 24.8. The van der Waals surface area contributed by atoms with Crippen LogP contribution >= 0.6 is 23.1 Å². The van der Waals surface area contributed by atoms with Gasteiger partial charge in [-0.05, 0) is 59.6 Å². The minimum absolute atomic E-state index is 0. The quantitative estimate of drug-likeness (QED) is 0.364. The van der Waals surface area contributed by atoms with Crippen LogP contribution < -0.4 is 40.0 Å². The number of carboxylic acids is 1. The van der Waals surface area contributed by atoms with Gasteiger partial charge in [0.1, 0.15) is 6.61 Å².